The fraction of sp³-hybridized carbons (Fsp3) is 0.700. The highest BCUT2D eigenvalue weighted by Gasteiger charge is 1.82. The van der Waals surface area contributed by atoms with Crippen molar-refractivity contribution in [2.75, 3.05) is 0 Å². The zero-order valence-corrected chi connectivity index (χ0v) is 7.11. The molecule has 0 spiro atoms. The van der Waals surface area contributed by atoms with E-state index in [0.29, 0.717) is 0 Å². The van der Waals surface area contributed by atoms with Crippen molar-refractivity contribution in [1.29, 1.82) is 0 Å². The number of rotatable bonds is 4. The maximum atomic E-state index is 3.13. The molecule has 0 nitrogen and oxygen atoms in total. The minimum absolute atomic E-state index is 1.000. The second kappa shape index (κ2) is 8.56. The maximum Gasteiger partial charge on any atom is 0.00886 e. The van der Waals surface area contributed by atoms with Crippen LogP contribution >= 0.6 is 0 Å². The van der Waals surface area contributed by atoms with Gasteiger partial charge in [0.15, 0.2) is 0 Å². The molecular weight excluding hydrogens is 120 g/mol. The molecule has 0 aliphatic heterocycles. The highest BCUT2D eigenvalue weighted by atomic mass is 13.9. The summed E-state index contributed by atoms with van der Waals surface area (Å²) in [7, 11) is 0. The van der Waals surface area contributed by atoms with Gasteiger partial charge >= 0.3 is 0 Å². The molecule has 1 radical (unpaired) electrons. The molecule has 0 saturated carbocycles. The number of hydrogen-bond donors (Lipinski definition) is 0. The van der Waals surface area contributed by atoms with Gasteiger partial charge in [-0.05, 0) is 12.8 Å². The SMILES string of the molecule is C[CH]CCCCC#CCC. The van der Waals surface area contributed by atoms with Crippen LogP contribution in [0.1, 0.15) is 46.0 Å². The highest BCUT2D eigenvalue weighted by Crippen LogP contribution is 1.99. The van der Waals surface area contributed by atoms with Crippen molar-refractivity contribution in [2.45, 2.75) is 46.0 Å². The third kappa shape index (κ3) is 7.56. The third-order valence-electron chi connectivity index (χ3n) is 1.35. The van der Waals surface area contributed by atoms with Crippen LogP contribution in [-0.2, 0) is 0 Å². The molecule has 10 heavy (non-hydrogen) atoms. The Hall–Kier alpha value is -0.440. The molecular formula is C10H17. The molecule has 0 aliphatic carbocycles. The molecule has 0 unspecified atom stereocenters. The summed E-state index contributed by atoms with van der Waals surface area (Å²) in [5.74, 6) is 6.20. The molecule has 0 atom stereocenters. The fourth-order valence-corrected chi connectivity index (χ4v) is 0.775. The summed E-state index contributed by atoms with van der Waals surface area (Å²) in [5.41, 5.74) is 0. The predicted molar refractivity (Wildman–Crippen MR) is 46.5 cm³/mol. The van der Waals surface area contributed by atoms with Crippen LogP contribution in [-0.4, -0.2) is 0 Å². The largest absolute Gasteiger partial charge is 0.104 e. The van der Waals surface area contributed by atoms with Crippen molar-refractivity contribution in [2.24, 2.45) is 0 Å². The smallest absolute Gasteiger partial charge is 0.00886 e. The van der Waals surface area contributed by atoms with Crippen LogP contribution in [0.4, 0.5) is 0 Å². The minimum Gasteiger partial charge on any atom is -0.104 e. The summed E-state index contributed by atoms with van der Waals surface area (Å²) in [6, 6.07) is 0. The molecule has 0 aromatic heterocycles. The molecule has 0 aliphatic rings. The molecule has 0 saturated heterocycles. The van der Waals surface area contributed by atoms with E-state index in [0.717, 1.165) is 12.8 Å². The average Bonchev–Trinajstić information content (AvgIpc) is 1.97. The fourth-order valence-electron chi connectivity index (χ4n) is 0.775. The second-order valence-corrected chi connectivity index (χ2v) is 2.36. The van der Waals surface area contributed by atoms with Gasteiger partial charge in [-0.1, -0.05) is 26.7 Å². The normalized spacial score (nSPS) is 8.60. The highest BCUT2D eigenvalue weighted by molar-refractivity contribution is 4.97. The summed E-state index contributed by atoms with van der Waals surface area (Å²) < 4.78 is 0. The Balaban J connectivity index is 2.90. The number of hydrogen-bond acceptors (Lipinski definition) is 0. The summed E-state index contributed by atoms with van der Waals surface area (Å²) >= 11 is 0. The lowest BCUT2D eigenvalue weighted by atomic mass is 10.1. The summed E-state index contributed by atoms with van der Waals surface area (Å²) in [5, 5.41) is 0. The molecule has 0 heterocycles. The van der Waals surface area contributed by atoms with Gasteiger partial charge in [0.05, 0.1) is 0 Å². The van der Waals surface area contributed by atoms with Crippen LogP contribution in [0.15, 0.2) is 0 Å². The Morgan fingerprint density at radius 1 is 1.20 bits per heavy atom. The van der Waals surface area contributed by atoms with Gasteiger partial charge in [0.25, 0.3) is 0 Å². The Morgan fingerprint density at radius 2 is 2.00 bits per heavy atom. The first-order chi connectivity index (χ1) is 4.91. The van der Waals surface area contributed by atoms with E-state index in [9.17, 15) is 0 Å². The van der Waals surface area contributed by atoms with Gasteiger partial charge < -0.3 is 0 Å². The Bertz CT molecular complexity index is 103. The predicted octanol–water partition coefficient (Wildman–Crippen LogP) is 3.18. The topological polar surface area (TPSA) is 0 Å². The third-order valence-corrected chi connectivity index (χ3v) is 1.35. The quantitative estimate of drug-likeness (QED) is 0.412. The maximum absolute atomic E-state index is 3.13. The first-order valence-corrected chi connectivity index (χ1v) is 4.15. The Kier molecular flexibility index (Phi) is 8.18. The summed E-state index contributed by atoms with van der Waals surface area (Å²) in [6.07, 6.45) is 8.11. The van der Waals surface area contributed by atoms with Gasteiger partial charge in [-0.3, -0.25) is 0 Å². The summed E-state index contributed by atoms with van der Waals surface area (Å²) in [4.78, 5) is 0. The van der Waals surface area contributed by atoms with E-state index in [-0.39, 0.29) is 0 Å². The van der Waals surface area contributed by atoms with E-state index in [4.69, 9.17) is 0 Å². The van der Waals surface area contributed by atoms with Gasteiger partial charge in [0.1, 0.15) is 0 Å². The lowest BCUT2D eigenvalue weighted by molar-refractivity contribution is 0.747. The molecule has 0 N–H and O–H groups in total. The van der Waals surface area contributed by atoms with E-state index >= 15 is 0 Å². The molecule has 0 aromatic carbocycles. The Labute approximate surface area is 65.0 Å². The zero-order valence-electron chi connectivity index (χ0n) is 7.11. The van der Waals surface area contributed by atoms with Crippen LogP contribution in [0.25, 0.3) is 0 Å². The van der Waals surface area contributed by atoms with Crippen molar-refractivity contribution < 1.29 is 0 Å². The van der Waals surface area contributed by atoms with Crippen molar-refractivity contribution >= 4 is 0 Å². The van der Waals surface area contributed by atoms with Gasteiger partial charge in [0, 0.05) is 12.8 Å². The lowest BCUT2D eigenvalue weighted by Gasteiger charge is -1.90. The summed E-state index contributed by atoms with van der Waals surface area (Å²) in [6.45, 7) is 4.20. The standard InChI is InChI=1S/C10H17/c1-3-5-7-9-10-8-6-4-2/h3H,4-5,7,9-10H2,1-2H3. The van der Waals surface area contributed by atoms with Crippen molar-refractivity contribution in [3.05, 3.63) is 6.42 Å². The molecule has 0 bridgehead atoms. The van der Waals surface area contributed by atoms with Crippen molar-refractivity contribution in [3.8, 4) is 11.8 Å². The molecule has 57 valence electrons. The van der Waals surface area contributed by atoms with E-state index in [2.05, 4.69) is 32.1 Å². The van der Waals surface area contributed by atoms with E-state index in [1.807, 2.05) is 0 Å². The van der Waals surface area contributed by atoms with E-state index in [1.54, 1.807) is 0 Å². The molecule has 0 rings (SSSR count). The first-order valence-electron chi connectivity index (χ1n) is 4.15. The molecule has 0 aromatic rings. The van der Waals surface area contributed by atoms with Gasteiger partial charge in [-0.25, -0.2) is 0 Å². The molecule has 0 heteroatoms. The molecule has 0 amide bonds. The monoisotopic (exact) mass is 137 g/mol. The molecule has 0 fully saturated rings. The van der Waals surface area contributed by atoms with Gasteiger partial charge in [0.2, 0.25) is 0 Å². The Morgan fingerprint density at radius 3 is 2.60 bits per heavy atom. The lowest BCUT2D eigenvalue weighted by Crippen LogP contribution is -1.74. The van der Waals surface area contributed by atoms with Crippen LogP contribution in [0.5, 0.6) is 0 Å². The van der Waals surface area contributed by atoms with E-state index < -0.39 is 0 Å². The van der Waals surface area contributed by atoms with Crippen LogP contribution in [0, 0.1) is 18.3 Å². The van der Waals surface area contributed by atoms with E-state index in [1.165, 1.54) is 19.3 Å². The van der Waals surface area contributed by atoms with Gasteiger partial charge in [-0.15, -0.1) is 11.8 Å². The number of unbranched alkanes of at least 4 members (excludes halogenated alkanes) is 4. The van der Waals surface area contributed by atoms with Gasteiger partial charge in [-0.2, -0.15) is 0 Å². The zero-order chi connectivity index (χ0) is 7.66. The first kappa shape index (κ1) is 9.56. The minimum atomic E-state index is 1.000. The average molecular weight is 137 g/mol. The van der Waals surface area contributed by atoms with Crippen molar-refractivity contribution in [1.82, 2.24) is 0 Å². The van der Waals surface area contributed by atoms with Crippen LogP contribution in [0.3, 0.4) is 0 Å². The van der Waals surface area contributed by atoms with Crippen molar-refractivity contribution in [3.63, 3.8) is 0 Å². The van der Waals surface area contributed by atoms with Crippen LogP contribution in [0.2, 0.25) is 0 Å². The van der Waals surface area contributed by atoms with Crippen LogP contribution < -0.4 is 0 Å². The second-order valence-electron chi connectivity index (χ2n) is 2.36.